The first-order chi connectivity index (χ1) is 12.8. The molecule has 3 rings (SSSR count). The van der Waals surface area contributed by atoms with Crippen molar-refractivity contribution < 1.29 is 18.7 Å². The molecule has 0 fully saturated rings. The summed E-state index contributed by atoms with van der Waals surface area (Å²) in [6.45, 7) is 7.31. The van der Waals surface area contributed by atoms with E-state index in [0.29, 0.717) is 22.3 Å². The van der Waals surface area contributed by atoms with Gasteiger partial charge in [-0.3, -0.25) is 4.79 Å². The van der Waals surface area contributed by atoms with Crippen molar-refractivity contribution in [2.24, 2.45) is 0 Å². The van der Waals surface area contributed by atoms with Gasteiger partial charge in [0.15, 0.2) is 11.9 Å². The molecule has 5 heteroatoms. The lowest BCUT2D eigenvalue weighted by molar-refractivity contribution is -0.147. The van der Waals surface area contributed by atoms with Gasteiger partial charge in [-0.25, -0.2) is 4.79 Å². The van der Waals surface area contributed by atoms with Crippen molar-refractivity contribution >= 4 is 16.9 Å². The summed E-state index contributed by atoms with van der Waals surface area (Å²) in [5.41, 5.74) is 3.76. The van der Waals surface area contributed by atoms with Crippen LogP contribution in [0.1, 0.15) is 23.6 Å². The van der Waals surface area contributed by atoms with Crippen molar-refractivity contribution in [1.82, 2.24) is 0 Å². The molecule has 2 aromatic carbocycles. The molecule has 27 heavy (non-hydrogen) atoms. The van der Waals surface area contributed by atoms with Crippen LogP contribution in [0.5, 0.6) is 5.75 Å². The molecule has 0 aliphatic heterocycles. The summed E-state index contributed by atoms with van der Waals surface area (Å²) in [6, 6.07) is 11.3. The van der Waals surface area contributed by atoms with E-state index in [1.54, 1.807) is 0 Å². The maximum absolute atomic E-state index is 13.2. The molecule has 3 aromatic rings. The summed E-state index contributed by atoms with van der Waals surface area (Å²) in [5, 5.41) is 0.448. The van der Waals surface area contributed by atoms with Gasteiger partial charge in [0.05, 0.1) is 12.5 Å². The molecule has 0 saturated heterocycles. The summed E-state index contributed by atoms with van der Waals surface area (Å²) >= 11 is 0. The first kappa shape index (κ1) is 18.7. The van der Waals surface area contributed by atoms with E-state index >= 15 is 0 Å². The topological polar surface area (TPSA) is 65.7 Å². The van der Waals surface area contributed by atoms with Gasteiger partial charge in [0, 0.05) is 5.56 Å². The zero-order chi connectivity index (χ0) is 19.7. The molecule has 1 atom stereocenters. The minimum atomic E-state index is -0.940. The van der Waals surface area contributed by atoms with Gasteiger partial charge < -0.3 is 13.9 Å². The minimum absolute atomic E-state index is 0.0104. The fraction of sp³-hybridized carbons (Fsp3) is 0.273. The predicted octanol–water partition coefficient (Wildman–Crippen LogP) is 4.33. The third-order valence-electron chi connectivity index (χ3n) is 4.44. The van der Waals surface area contributed by atoms with E-state index in [-0.39, 0.29) is 11.2 Å². The van der Waals surface area contributed by atoms with E-state index < -0.39 is 12.1 Å². The Bertz CT molecular complexity index is 1060. The Labute approximate surface area is 157 Å². The molecule has 0 saturated carbocycles. The van der Waals surface area contributed by atoms with Gasteiger partial charge in [0.2, 0.25) is 11.2 Å². The molecule has 5 nitrogen and oxygen atoms in total. The van der Waals surface area contributed by atoms with E-state index in [4.69, 9.17) is 13.9 Å². The number of rotatable bonds is 4. The Morgan fingerprint density at radius 1 is 1.04 bits per heavy atom. The number of hydrogen-bond donors (Lipinski definition) is 0. The largest absolute Gasteiger partial charge is 0.471 e. The Kier molecular flexibility index (Phi) is 5.04. The number of carbonyl (C=O) groups is 1. The first-order valence-corrected chi connectivity index (χ1v) is 8.71. The molecular formula is C22H22O5. The fourth-order valence-electron chi connectivity index (χ4n) is 3.07. The average molecular weight is 366 g/mol. The van der Waals surface area contributed by atoms with Gasteiger partial charge in [-0.05, 0) is 44.9 Å². The van der Waals surface area contributed by atoms with Crippen LogP contribution in [0.4, 0.5) is 0 Å². The molecule has 0 radical (unpaired) electrons. The van der Waals surface area contributed by atoms with Gasteiger partial charge in [-0.1, -0.05) is 35.9 Å². The fourth-order valence-corrected chi connectivity index (χ4v) is 3.07. The van der Waals surface area contributed by atoms with Gasteiger partial charge in [-0.15, -0.1) is 0 Å². The maximum Gasteiger partial charge on any atom is 0.346 e. The lowest BCUT2D eigenvalue weighted by Gasteiger charge is -2.16. The van der Waals surface area contributed by atoms with Crippen LogP contribution in [-0.4, -0.2) is 19.2 Å². The molecule has 0 bridgehead atoms. The lowest BCUT2D eigenvalue weighted by Crippen LogP contribution is -2.27. The summed E-state index contributed by atoms with van der Waals surface area (Å²) < 4.78 is 16.5. The Hall–Kier alpha value is -3.08. The van der Waals surface area contributed by atoms with E-state index in [2.05, 4.69) is 0 Å². The summed E-state index contributed by atoms with van der Waals surface area (Å²) in [5.74, 6) is -0.255. The molecule has 1 heterocycles. The molecule has 0 aliphatic carbocycles. The highest BCUT2D eigenvalue weighted by Gasteiger charge is 2.24. The Morgan fingerprint density at radius 3 is 2.33 bits per heavy atom. The summed E-state index contributed by atoms with van der Waals surface area (Å²) in [6.07, 6.45) is -0.940. The van der Waals surface area contributed by atoms with Crippen molar-refractivity contribution in [3.63, 3.8) is 0 Å². The van der Waals surface area contributed by atoms with Crippen LogP contribution in [-0.2, 0) is 9.53 Å². The molecule has 0 N–H and O–H groups in total. The van der Waals surface area contributed by atoms with Crippen LogP contribution < -0.4 is 10.2 Å². The van der Waals surface area contributed by atoms with Crippen molar-refractivity contribution in [1.29, 1.82) is 0 Å². The highest BCUT2D eigenvalue weighted by atomic mass is 16.6. The van der Waals surface area contributed by atoms with Crippen molar-refractivity contribution in [2.75, 3.05) is 7.11 Å². The molecular weight excluding hydrogens is 344 g/mol. The molecule has 140 valence electrons. The van der Waals surface area contributed by atoms with Crippen molar-refractivity contribution in [3.05, 3.63) is 63.3 Å². The number of benzene rings is 2. The number of hydrogen-bond acceptors (Lipinski definition) is 5. The van der Waals surface area contributed by atoms with Crippen LogP contribution in [0.25, 0.3) is 22.3 Å². The number of carbonyl (C=O) groups excluding carboxylic acids is 1. The van der Waals surface area contributed by atoms with E-state index in [1.165, 1.54) is 14.0 Å². The average Bonchev–Trinajstić information content (AvgIpc) is 2.63. The van der Waals surface area contributed by atoms with Crippen LogP contribution in [0, 0.1) is 20.8 Å². The third-order valence-corrected chi connectivity index (χ3v) is 4.44. The highest BCUT2D eigenvalue weighted by molar-refractivity contribution is 5.85. The molecule has 1 aromatic heterocycles. The Balaban J connectivity index is 2.30. The van der Waals surface area contributed by atoms with Gasteiger partial charge in [0.1, 0.15) is 5.58 Å². The second-order valence-electron chi connectivity index (χ2n) is 6.69. The smallest absolute Gasteiger partial charge is 0.346 e. The zero-order valence-corrected chi connectivity index (χ0v) is 16.1. The monoisotopic (exact) mass is 366 g/mol. The quantitative estimate of drug-likeness (QED) is 0.643. The highest BCUT2D eigenvalue weighted by Crippen LogP contribution is 2.33. The van der Waals surface area contributed by atoms with Gasteiger partial charge in [-0.2, -0.15) is 0 Å². The molecule has 0 spiro atoms. The van der Waals surface area contributed by atoms with Crippen LogP contribution in [0.15, 0.2) is 45.6 Å². The van der Waals surface area contributed by atoms with Crippen LogP contribution >= 0.6 is 0 Å². The molecule has 0 aliphatic rings. The number of methoxy groups -OCH3 is 1. The second-order valence-corrected chi connectivity index (χ2v) is 6.69. The normalized spacial score (nSPS) is 12.0. The summed E-state index contributed by atoms with van der Waals surface area (Å²) in [4.78, 5) is 25.0. The number of aryl methyl sites for hydroxylation is 3. The Morgan fingerprint density at radius 2 is 1.70 bits per heavy atom. The SMILES string of the molecule is COC(=O)[C@H](C)Oc1c(-c2ccc(C)cc2)oc2cc(C)cc(C)c2c1=O. The third kappa shape index (κ3) is 3.58. The second kappa shape index (κ2) is 7.27. The first-order valence-electron chi connectivity index (χ1n) is 8.71. The maximum atomic E-state index is 13.2. The number of esters is 1. The van der Waals surface area contributed by atoms with E-state index in [0.717, 1.165) is 16.7 Å². The standard InChI is InChI=1S/C22H22O5/c1-12-6-8-16(9-7-12)20-21(26-15(4)22(24)25-5)19(23)18-14(3)10-13(2)11-17(18)27-20/h6-11,15H,1-5H3/t15-/m0/s1. The van der Waals surface area contributed by atoms with Crippen molar-refractivity contribution in [2.45, 2.75) is 33.8 Å². The number of fused-ring (bicyclic) bond motifs is 1. The zero-order valence-electron chi connectivity index (χ0n) is 16.1. The van der Waals surface area contributed by atoms with Crippen LogP contribution in [0.2, 0.25) is 0 Å². The van der Waals surface area contributed by atoms with E-state index in [1.807, 2.05) is 57.2 Å². The van der Waals surface area contributed by atoms with E-state index in [9.17, 15) is 9.59 Å². The molecule has 0 unspecified atom stereocenters. The van der Waals surface area contributed by atoms with Crippen LogP contribution in [0.3, 0.4) is 0 Å². The van der Waals surface area contributed by atoms with Crippen molar-refractivity contribution in [3.8, 4) is 17.1 Å². The van der Waals surface area contributed by atoms with Gasteiger partial charge in [0.25, 0.3) is 0 Å². The molecule has 0 amide bonds. The van der Waals surface area contributed by atoms with Gasteiger partial charge >= 0.3 is 5.97 Å². The summed E-state index contributed by atoms with van der Waals surface area (Å²) in [7, 11) is 1.28. The minimum Gasteiger partial charge on any atom is -0.471 e. The lowest BCUT2D eigenvalue weighted by atomic mass is 10.0. The number of ether oxygens (including phenoxy) is 2. The predicted molar refractivity (Wildman–Crippen MR) is 104 cm³/mol.